The Morgan fingerprint density at radius 2 is 1.07 bits per heavy atom. The van der Waals surface area contributed by atoms with E-state index in [0.717, 1.165) is 33.0 Å². The van der Waals surface area contributed by atoms with Crippen LogP contribution < -0.4 is 0 Å². The summed E-state index contributed by atoms with van der Waals surface area (Å²) in [6.07, 6.45) is 1.20. The molecule has 0 unspecified atom stereocenters. The highest BCUT2D eigenvalue weighted by Crippen LogP contribution is 2.44. The Kier molecular flexibility index (Phi) is 4.74. The third-order valence-corrected chi connectivity index (χ3v) is 6.18. The van der Waals surface area contributed by atoms with Gasteiger partial charge in [0.15, 0.2) is 0 Å². The molecule has 0 N–H and O–H groups in total. The van der Waals surface area contributed by atoms with Crippen molar-refractivity contribution in [2.24, 2.45) is 0 Å². The summed E-state index contributed by atoms with van der Waals surface area (Å²) in [7, 11) is 0. The van der Waals surface area contributed by atoms with Gasteiger partial charge < -0.3 is 9.47 Å². The molecule has 0 aliphatic heterocycles. The quantitative estimate of drug-likeness (QED) is 0.580. The van der Waals surface area contributed by atoms with Crippen LogP contribution in [0.2, 0.25) is 0 Å². The molecule has 0 spiro atoms. The first-order valence-electron chi connectivity index (χ1n) is 10.1. The van der Waals surface area contributed by atoms with E-state index in [1.165, 1.54) is 0 Å². The van der Waals surface area contributed by atoms with Gasteiger partial charge in [0, 0.05) is 0 Å². The number of hydrogen-bond donors (Lipinski definition) is 0. The van der Waals surface area contributed by atoms with Crippen LogP contribution in [0.1, 0.15) is 36.1 Å². The van der Waals surface area contributed by atoms with Crippen molar-refractivity contribution in [3.8, 4) is 0 Å². The number of ether oxygens (including phenoxy) is 2. The van der Waals surface area contributed by atoms with E-state index in [2.05, 4.69) is 9.69 Å². The molecule has 0 fully saturated rings. The van der Waals surface area contributed by atoms with Crippen LogP contribution in [0.15, 0.2) is 24.3 Å². The Balaban J connectivity index is 1.83. The van der Waals surface area contributed by atoms with E-state index in [9.17, 15) is 9.59 Å². The van der Waals surface area contributed by atoms with Crippen molar-refractivity contribution in [3.05, 3.63) is 69.4 Å². The summed E-state index contributed by atoms with van der Waals surface area (Å²) in [4.78, 5) is 32.7. The van der Waals surface area contributed by atoms with E-state index in [4.69, 9.17) is 22.6 Å². The lowest BCUT2D eigenvalue weighted by molar-refractivity contribution is -0.148. The number of esters is 2. The lowest BCUT2D eigenvalue weighted by atomic mass is 9.71. The largest absolute Gasteiger partial charge is 0.460 e. The number of carbonyl (C=O) groups is 2. The first-order valence-corrected chi connectivity index (χ1v) is 10.1. The second kappa shape index (κ2) is 7.15. The smallest absolute Gasteiger partial charge is 0.394 e. The summed E-state index contributed by atoms with van der Waals surface area (Å²) in [5.74, 6) is -0.957. The molecule has 4 rings (SSSR count). The number of hydrogen-bond acceptors (Lipinski definition) is 4. The Labute approximate surface area is 175 Å². The molecule has 2 aliphatic carbocycles. The molecule has 0 saturated carbocycles. The maximum atomic E-state index is 12.6. The third kappa shape index (κ3) is 2.75. The third-order valence-electron chi connectivity index (χ3n) is 6.18. The topological polar surface area (TPSA) is 61.3 Å². The number of rotatable bonds is 4. The van der Waals surface area contributed by atoms with E-state index < -0.39 is 23.0 Å². The first-order chi connectivity index (χ1) is 14.4. The second-order valence-electron chi connectivity index (χ2n) is 7.95. The zero-order valence-electron chi connectivity index (χ0n) is 17.1. The molecule has 0 saturated heterocycles. The fourth-order valence-electron chi connectivity index (χ4n) is 4.83. The Morgan fingerprint density at radius 3 is 1.30 bits per heavy atom. The summed E-state index contributed by atoms with van der Waals surface area (Å²) < 4.78 is 10.4. The molecule has 6 nitrogen and oxygen atoms in total. The predicted octanol–water partition coefficient (Wildman–Crippen LogP) is 3.48. The van der Waals surface area contributed by atoms with Crippen molar-refractivity contribution < 1.29 is 19.1 Å². The van der Waals surface area contributed by atoms with Gasteiger partial charge in [0.1, 0.15) is 0 Å². The molecule has 0 amide bonds. The highest BCUT2D eigenvalue weighted by Gasteiger charge is 2.53. The summed E-state index contributed by atoms with van der Waals surface area (Å²) >= 11 is 0. The monoisotopic (exact) mass is 402 g/mol. The second-order valence-corrected chi connectivity index (χ2v) is 7.95. The van der Waals surface area contributed by atoms with Crippen LogP contribution in [0, 0.1) is 13.1 Å². The zero-order valence-corrected chi connectivity index (χ0v) is 17.1. The lowest BCUT2D eigenvalue weighted by Gasteiger charge is -2.32. The van der Waals surface area contributed by atoms with Gasteiger partial charge in [0.25, 0.3) is 0 Å². The fraction of sp³-hybridized carbons (Fsp3) is 0.417. The van der Waals surface area contributed by atoms with Crippen LogP contribution in [0.4, 0.5) is 0 Å². The standard InChI is InChI=1S/C24H22N2O4/c1-5-29-21(27)23(25-3)11-15-7-9-17-13-24(26-4,22(28)30-6-2)14-18-10-8-16(12-23)19(15)20(17)18/h7-10H,5-6,11-14H2,1-2H3. The van der Waals surface area contributed by atoms with E-state index in [1.807, 2.05) is 24.3 Å². The SMILES string of the molecule is [C-]#[N+]C1(C(=O)OCC)Cc2ccc3c4c(ccc(c24)C1)CC([N+]#[C-])(C(=O)OCC)C3. The summed E-state index contributed by atoms with van der Waals surface area (Å²) in [5, 5.41) is 2.10. The van der Waals surface area contributed by atoms with Gasteiger partial charge >= 0.3 is 23.0 Å². The molecular formula is C24H22N2O4. The molecule has 0 bridgehead atoms. The highest BCUT2D eigenvalue weighted by atomic mass is 16.5. The summed E-state index contributed by atoms with van der Waals surface area (Å²) in [6, 6.07) is 7.70. The number of nitrogens with zero attached hydrogens (tertiary/aromatic N) is 2. The molecule has 0 aromatic heterocycles. The van der Waals surface area contributed by atoms with E-state index in [0.29, 0.717) is 25.7 Å². The molecular weight excluding hydrogens is 380 g/mol. The fourth-order valence-corrected chi connectivity index (χ4v) is 4.83. The Morgan fingerprint density at radius 1 is 0.767 bits per heavy atom. The molecule has 152 valence electrons. The van der Waals surface area contributed by atoms with Gasteiger partial charge in [-0.1, -0.05) is 24.3 Å². The Hall–Kier alpha value is -3.38. The van der Waals surface area contributed by atoms with Crippen molar-refractivity contribution in [2.75, 3.05) is 13.2 Å². The molecule has 0 atom stereocenters. The predicted molar refractivity (Wildman–Crippen MR) is 111 cm³/mol. The van der Waals surface area contributed by atoms with Gasteiger partial charge in [0.05, 0.1) is 38.9 Å². The van der Waals surface area contributed by atoms with Crippen LogP contribution >= 0.6 is 0 Å². The minimum Gasteiger partial charge on any atom is -0.460 e. The first kappa shape index (κ1) is 19.9. The normalized spacial score (nSPS) is 17.5. The van der Waals surface area contributed by atoms with Gasteiger partial charge in [-0.05, 0) is 46.9 Å². The van der Waals surface area contributed by atoms with Gasteiger partial charge in [-0.3, -0.25) is 9.69 Å². The van der Waals surface area contributed by atoms with E-state index in [-0.39, 0.29) is 13.2 Å². The maximum Gasteiger partial charge on any atom is 0.394 e. The molecule has 2 aliphatic rings. The summed E-state index contributed by atoms with van der Waals surface area (Å²) in [6.45, 7) is 19.4. The van der Waals surface area contributed by atoms with E-state index in [1.54, 1.807) is 13.8 Å². The summed E-state index contributed by atoms with van der Waals surface area (Å²) in [5.41, 5.74) is 1.27. The van der Waals surface area contributed by atoms with Crippen molar-refractivity contribution >= 4 is 22.7 Å². The zero-order chi connectivity index (χ0) is 21.5. The van der Waals surface area contributed by atoms with Crippen molar-refractivity contribution in [1.29, 1.82) is 0 Å². The van der Waals surface area contributed by atoms with Crippen LogP contribution in [0.5, 0.6) is 0 Å². The number of benzene rings is 2. The van der Waals surface area contributed by atoms with Crippen molar-refractivity contribution in [2.45, 2.75) is 50.6 Å². The maximum absolute atomic E-state index is 12.6. The molecule has 30 heavy (non-hydrogen) atoms. The van der Waals surface area contributed by atoms with Crippen LogP contribution in [-0.2, 0) is 44.7 Å². The van der Waals surface area contributed by atoms with Crippen molar-refractivity contribution in [3.63, 3.8) is 0 Å². The van der Waals surface area contributed by atoms with Crippen molar-refractivity contribution in [1.82, 2.24) is 0 Å². The lowest BCUT2D eigenvalue weighted by Crippen LogP contribution is -2.45. The van der Waals surface area contributed by atoms with Crippen LogP contribution in [0.25, 0.3) is 20.5 Å². The molecule has 0 heterocycles. The van der Waals surface area contributed by atoms with Crippen LogP contribution in [0.3, 0.4) is 0 Å². The average Bonchev–Trinajstić information content (AvgIpc) is 2.76. The van der Waals surface area contributed by atoms with Gasteiger partial charge in [-0.25, -0.2) is 22.7 Å². The average molecular weight is 402 g/mol. The van der Waals surface area contributed by atoms with Gasteiger partial charge in [0.2, 0.25) is 0 Å². The van der Waals surface area contributed by atoms with Crippen LogP contribution in [-0.4, -0.2) is 36.2 Å². The molecule has 0 radical (unpaired) electrons. The minimum absolute atomic E-state index is 0.239. The van der Waals surface area contributed by atoms with Gasteiger partial charge in [-0.2, -0.15) is 0 Å². The minimum atomic E-state index is -1.24. The molecule has 2 aromatic rings. The highest BCUT2D eigenvalue weighted by molar-refractivity contribution is 6.00. The molecule has 2 aromatic carbocycles. The molecule has 6 heteroatoms. The van der Waals surface area contributed by atoms with Gasteiger partial charge in [-0.15, -0.1) is 0 Å². The Bertz CT molecular complexity index is 1010. The van der Waals surface area contributed by atoms with E-state index >= 15 is 0 Å². The number of carbonyl (C=O) groups excluding carboxylic acids is 2.